The van der Waals surface area contributed by atoms with Crippen LogP contribution in [0.2, 0.25) is 0 Å². The maximum Gasteiger partial charge on any atom is 0.272 e. The Kier molecular flexibility index (Phi) is 8.26. The third-order valence-electron chi connectivity index (χ3n) is 7.17. The van der Waals surface area contributed by atoms with Crippen LogP contribution < -0.4 is 16.1 Å². The molecule has 0 saturated heterocycles. The number of aromatic nitrogens is 1. The third kappa shape index (κ3) is 6.18. The molecule has 8 nitrogen and oxygen atoms in total. The Morgan fingerprint density at radius 3 is 2.68 bits per heavy atom. The molecule has 1 aromatic carbocycles. The van der Waals surface area contributed by atoms with Crippen molar-refractivity contribution in [3.8, 4) is 5.75 Å². The Labute approximate surface area is 214 Å². The zero-order valence-corrected chi connectivity index (χ0v) is 21.2. The van der Waals surface area contributed by atoms with E-state index in [0.717, 1.165) is 44.8 Å². The van der Waals surface area contributed by atoms with Crippen LogP contribution in [0.15, 0.2) is 29.2 Å². The minimum atomic E-state index is -0.977. The van der Waals surface area contributed by atoms with Crippen LogP contribution in [0.5, 0.6) is 5.75 Å². The van der Waals surface area contributed by atoms with Gasteiger partial charge in [0.2, 0.25) is 5.43 Å². The van der Waals surface area contributed by atoms with E-state index in [2.05, 4.69) is 29.4 Å². The highest BCUT2D eigenvalue weighted by Crippen LogP contribution is 2.27. The first-order chi connectivity index (χ1) is 17.6. The molecule has 1 aromatic heterocycles. The lowest BCUT2D eigenvalue weighted by molar-refractivity contribution is 0.0843. The molecule has 2 heterocycles. The molecule has 0 unspecified atom stereocenters. The van der Waals surface area contributed by atoms with E-state index in [1.807, 2.05) is 0 Å². The van der Waals surface area contributed by atoms with Gasteiger partial charge in [0.25, 0.3) is 11.8 Å². The molecule has 4 rings (SSSR count). The molecule has 2 aromatic rings. The Balaban J connectivity index is 1.64. The largest absolute Gasteiger partial charge is 0.503 e. The lowest BCUT2D eigenvalue weighted by Gasteiger charge is -2.38. The van der Waals surface area contributed by atoms with Crippen LogP contribution in [-0.2, 0) is 13.1 Å². The molecule has 0 bridgehead atoms. The number of amides is 2. The smallest absolute Gasteiger partial charge is 0.272 e. The standard InChI is InChI=1S/C27H34F2N4O4/c1-16(2)13-32-9-10-33-15-20(26(36)30-12-17-7-8-19(28)11-21(17)29)24(34)25(35)23(33)27(37)31-22-6-4-3-5-18(22)14-32/h7-8,11,15-16,18,22,35H,3-6,9-10,12-14H2,1-2H3,(H,30,36)(H,31,37)/t18-,22-/m0/s1. The van der Waals surface area contributed by atoms with Gasteiger partial charge in [-0.15, -0.1) is 0 Å². The van der Waals surface area contributed by atoms with Gasteiger partial charge in [0.1, 0.15) is 17.2 Å². The number of pyridine rings is 1. The highest BCUT2D eigenvalue weighted by Gasteiger charge is 2.32. The van der Waals surface area contributed by atoms with E-state index < -0.39 is 34.6 Å². The highest BCUT2D eigenvalue weighted by atomic mass is 19.1. The Morgan fingerprint density at radius 1 is 1.19 bits per heavy atom. The number of hydrogen-bond acceptors (Lipinski definition) is 5. The predicted molar refractivity (Wildman–Crippen MR) is 134 cm³/mol. The fourth-order valence-electron chi connectivity index (χ4n) is 5.37. The molecule has 37 heavy (non-hydrogen) atoms. The molecule has 1 saturated carbocycles. The number of aromatic hydroxyl groups is 1. The van der Waals surface area contributed by atoms with Crippen molar-refractivity contribution in [2.45, 2.75) is 58.7 Å². The van der Waals surface area contributed by atoms with Crippen molar-refractivity contribution in [1.82, 2.24) is 20.1 Å². The molecule has 0 radical (unpaired) electrons. The van der Waals surface area contributed by atoms with Crippen LogP contribution in [0.1, 0.15) is 65.9 Å². The minimum absolute atomic E-state index is 0.0452. The number of halogens is 2. The van der Waals surface area contributed by atoms with E-state index >= 15 is 0 Å². The first-order valence-electron chi connectivity index (χ1n) is 12.9. The van der Waals surface area contributed by atoms with Crippen molar-refractivity contribution >= 4 is 11.8 Å². The highest BCUT2D eigenvalue weighted by molar-refractivity contribution is 5.98. The average molecular weight is 517 g/mol. The summed E-state index contributed by atoms with van der Waals surface area (Å²) in [5.41, 5.74) is -1.46. The van der Waals surface area contributed by atoms with Gasteiger partial charge >= 0.3 is 0 Å². The number of carbonyl (C=O) groups is 2. The molecule has 0 spiro atoms. The van der Waals surface area contributed by atoms with E-state index in [0.29, 0.717) is 18.5 Å². The fraction of sp³-hybridized carbons (Fsp3) is 0.519. The van der Waals surface area contributed by atoms with Gasteiger partial charge in [-0.05, 0) is 30.7 Å². The van der Waals surface area contributed by atoms with Gasteiger partial charge in [0.05, 0.1) is 0 Å². The van der Waals surface area contributed by atoms with E-state index in [9.17, 15) is 28.3 Å². The molecule has 2 atom stereocenters. The van der Waals surface area contributed by atoms with Crippen molar-refractivity contribution in [3.63, 3.8) is 0 Å². The second-order valence-electron chi connectivity index (χ2n) is 10.5. The van der Waals surface area contributed by atoms with Crippen LogP contribution in [0, 0.1) is 23.5 Å². The van der Waals surface area contributed by atoms with Crippen LogP contribution in [0.4, 0.5) is 8.78 Å². The molecule has 1 aliphatic carbocycles. The number of carbonyl (C=O) groups excluding carboxylic acids is 2. The van der Waals surface area contributed by atoms with Gasteiger partial charge in [0, 0.05) is 56.6 Å². The van der Waals surface area contributed by atoms with E-state index in [4.69, 9.17) is 0 Å². The van der Waals surface area contributed by atoms with Crippen LogP contribution in [0.25, 0.3) is 0 Å². The van der Waals surface area contributed by atoms with Crippen molar-refractivity contribution in [2.24, 2.45) is 11.8 Å². The van der Waals surface area contributed by atoms with E-state index in [1.165, 1.54) is 16.8 Å². The first-order valence-corrected chi connectivity index (χ1v) is 12.9. The molecule has 3 N–H and O–H groups in total. The van der Waals surface area contributed by atoms with Crippen LogP contribution in [-0.4, -0.2) is 52.1 Å². The summed E-state index contributed by atoms with van der Waals surface area (Å²) in [4.78, 5) is 41.4. The van der Waals surface area contributed by atoms with Crippen molar-refractivity contribution < 1.29 is 23.5 Å². The lowest BCUT2D eigenvalue weighted by Crippen LogP contribution is -2.49. The van der Waals surface area contributed by atoms with Gasteiger partial charge in [0.15, 0.2) is 11.4 Å². The quantitative estimate of drug-likeness (QED) is 0.567. The molecule has 200 valence electrons. The second-order valence-corrected chi connectivity index (χ2v) is 10.5. The summed E-state index contributed by atoms with van der Waals surface area (Å²) >= 11 is 0. The zero-order valence-electron chi connectivity index (χ0n) is 21.2. The topological polar surface area (TPSA) is 104 Å². The SMILES string of the molecule is CC(C)CN1CCn2cc(C(=O)NCc3ccc(F)cc3F)c(=O)c(O)c2C(=O)N[C@H]2CCCC[C@H]2C1. The maximum atomic E-state index is 14.0. The Bertz CT molecular complexity index is 1230. The number of rotatable bonds is 5. The first kappa shape index (κ1) is 26.8. The third-order valence-corrected chi connectivity index (χ3v) is 7.17. The minimum Gasteiger partial charge on any atom is -0.503 e. The predicted octanol–water partition coefficient (Wildman–Crippen LogP) is 3.02. The Morgan fingerprint density at radius 2 is 1.95 bits per heavy atom. The normalized spacial score (nSPS) is 20.6. The summed E-state index contributed by atoms with van der Waals surface area (Å²) < 4.78 is 28.6. The number of fused-ring (bicyclic) bond motifs is 2. The van der Waals surface area contributed by atoms with Crippen molar-refractivity contribution in [2.75, 3.05) is 19.6 Å². The number of benzene rings is 1. The summed E-state index contributed by atoms with van der Waals surface area (Å²) in [6.07, 6.45) is 5.22. The summed E-state index contributed by atoms with van der Waals surface area (Å²) in [5, 5.41) is 16.3. The Hall–Kier alpha value is -3.27. The monoisotopic (exact) mass is 516 g/mol. The average Bonchev–Trinajstić information content (AvgIpc) is 2.84. The van der Waals surface area contributed by atoms with E-state index in [-0.39, 0.29) is 41.9 Å². The zero-order chi connectivity index (χ0) is 26.7. The molecule has 1 aliphatic heterocycles. The summed E-state index contributed by atoms with van der Waals surface area (Å²) in [7, 11) is 0. The molecular weight excluding hydrogens is 482 g/mol. The van der Waals surface area contributed by atoms with Crippen LogP contribution in [0.3, 0.4) is 0 Å². The molecule has 2 aliphatic rings. The van der Waals surface area contributed by atoms with Gasteiger partial charge in [-0.3, -0.25) is 14.4 Å². The number of nitrogens with zero attached hydrogens (tertiary/aromatic N) is 2. The summed E-state index contributed by atoms with van der Waals surface area (Å²) in [6.45, 7) is 6.55. The molecule has 2 amide bonds. The fourth-order valence-corrected chi connectivity index (χ4v) is 5.37. The van der Waals surface area contributed by atoms with Gasteiger partial charge in [-0.2, -0.15) is 0 Å². The molecule has 1 fully saturated rings. The number of nitrogens with one attached hydrogen (secondary N) is 2. The summed E-state index contributed by atoms with van der Waals surface area (Å²) in [6, 6.07) is 2.91. The van der Waals surface area contributed by atoms with Crippen molar-refractivity contribution in [3.05, 3.63) is 63.1 Å². The summed E-state index contributed by atoms with van der Waals surface area (Å²) in [5.74, 6) is -3.01. The van der Waals surface area contributed by atoms with E-state index in [1.54, 1.807) is 0 Å². The lowest BCUT2D eigenvalue weighted by atomic mass is 9.83. The van der Waals surface area contributed by atoms with Gasteiger partial charge in [-0.1, -0.05) is 32.8 Å². The van der Waals surface area contributed by atoms with Gasteiger partial charge < -0.3 is 25.2 Å². The maximum absolute atomic E-state index is 14.0. The van der Waals surface area contributed by atoms with Crippen LogP contribution >= 0.6 is 0 Å². The van der Waals surface area contributed by atoms with Crippen molar-refractivity contribution in [1.29, 1.82) is 0 Å². The molecule has 10 heteroatoms. The molecular formula is C27H34F2N4O4. The number of hydrogen-bond donors (Lipinski definition) is 3. The van der Waals surface area contributed by atoms with Gasteiger partial charge in [-0.25, -0.2) is 8.78 Å². The second kappa shape index (κ2) is 11.4.